The fourth-order valence-corrected chi connectivity index (χ4v) is 2.39. The lowest BCUT2D eigenvalue weighted by atomic mass is 10.0. The highest BCUT2D eigenvalue weighted by molar-refractivity contribution is 5.67. The average Bonchev–Trinajstić information content (AvgIpc) is 2.98. The maximum Gasteiger partial charge on any atom is 0.407 e. The molecule has 1 aromatic heterocycles. The Hall–Kier alpha value is -2.81. The van der Waals surface area contributed by atoms with E-state index in [4.69, 9.17) is 10.00 Å². The van der Waals surface area contributed by atoms with Gasteiger partial charge in [-0.3, -0.25) is 4.68 Å². The zero-order valence-corrected chi connectivity index (χ0v) is 15.2. The number of aryl methyl sites for hydroxylation is 2. The molecule has 0 spiro atoms. The van der Waals surface area contributed by atoms with Crippen molar-refractivity contribution in [2.45, 2.75) is 46.3 Å². The van der Waals surface area contributed by atoms with E-state index in [0.29, 0.717) is 18.7 Å². The van der Waals surface area contributed by atoms with E-state index in [2.05, 4.69) is 16.5 Å². The Bertz CT molecular complexity index is 781. The first-order valence-corrected chi connectivity index (χ1v) is 8.28. The summed E-state index contributed by atoms with van der Waals surface area (Å²) in [6.07, 6.45) is 4.08. The molecular weight excluding hydrogens is 316 g/mol. The second kappa shape index (κ2) is 7.84. The lowest BCUT2D eigenvalue weighted by molar-refractivity contribution is 0.0526. The molecule has 6 heteroatoms. The van der Waals surface area contributed by atoms with Crippen molar-refractivity contribution in [3.63, 3.8) is 0 Å². The zero-order valence-electron chi connectivity index (χ0n) is 15.2. The lowest BCUT2D eigenvalue weighted by Gasteiger charge is -2.19. The van der Waals surface area contributed by atoms with E-state index in [0.717, 1.165) is 23.1 Å². The number of amides is 1. The van der Waals surface area contributed by atoms with Gasteiger partial charge in [0.05, 0.1) is 17.8 Å². The van der Waals surface area contributed by atoms with Crippen molar-refractivity contribution in [2.24, 2.45) is 0 Å². The van der Waals surface area contributed by atoms with E-state index >= 15 is 0 Å². The van der Waals surface area contributed by atoms with Gasteiger partial charge >= 0.3 is 6.09 Å². The molecule has 25 heavy (non-hydrogen) atoms. The van der Waals surface area contributed by atoms with E-state index in [9.17, 15) is 4.79 Å². The van der Waals surface area contributed by atoms with Gasteiger partial charge in [-0.2, -0.15) is 10.4 Å². The molecule has 2 aromatic rings. The fourth-order valence-electron chi connectivity index (χ4n) is 2.39. The van der Waals surface area contributed by atoms with Gasteiger partial charge in [0.1, 0.15) is 5.60 Å². The van der Waals surface area contributed by atoms with Crippen molar-refractivity contribution < 1.29 is 9.53 Å². The maximum atomic E-state index is 11.6. The van der Waals surface area contributed by atoms with Crippen LogP contribution in [0, 0.1) is 18.3 Å². The van der Waals surface area contributed by atoms with Gasteiger partial charge < -0.3 is 10.1 Å². The summed E-state index contributed by atoms with van der Waals surface area (Å²) in [5.41, 5.74) is 3.15. The quantitative estimate of drug-likeness (QED) is 0.843. The number of carbonyl (C=O) groups excluding carboxylic acids is 1. The number of benzene rings is 1. The minimum Gasteiger partial charge on any atom is -0.444 e. The third-order valence-electron chi connectivity index (χ3n) is 3.41. The zero-order chi connectivity index (χ0) is 18.4. The maximum absolute atomic E-state index is 11.6. The summed E-state index contributed by atoms with van der Waals surface area (Å²) in [7, 11) is 0. The first-order valence-electron chi connectivity index (χ1n) is 8.28. The second-order valence-electron chi connectivity index (χ2n) is 6.97. The van der Waals surface area contributed by atoms with Gasteiger partial charge in [0, 0.05) is 24.8 Å². The molecular formula is C19H24N4O2. The molecule has 0 aliphatic rings. The standard InChI is InChI=1S/C19H24N4O2/c1-14-8-15(11-20)10-16(9-14)17-12-22-23(13-17)7-5-6-21-18(24)25-19(2,3)4/h8-10,12-13H,5-7H2,1-4H3,(H,21,24). The monoisotopic (exact) mass is 340 g/mol. The topological polar surface area (TPSA) is 79.9 Å². The van der Waals surface area contributed by atoms with Gasteiger partial charge in [-0.1, -0.05) is 6.07 Å². The summed E-state index contributed by atoms with van der Waals surface area (Å²) < 4.78 is 7.02. The van der Waals surface area contributed by atoms with Gasteiger partial charge in [0.2, 0.25) is 0 Å². The van der Waals surface area contributed by atoms with Gasteiger partial charge in [-0.05, 0) is 57.4 Å². The summed E-state index contributed by atoms with van der Waals surface area (Å²) in [5, 5.41) is 16.2. The summed E-state index contributed by atoms with van der Waals surface area (Å²) >= 11 is 0. The minimum absolute atomic E-state index is 0.405. The number of carbonyl (C=O) groups is 1. The SMILES string of the molecule is Cc1cc(C#N)cc(-c2cnn(CCCNC(=O)OC(C)(C)C)c2)c1. The van der Waals surface area contributed by atoms with Gasteiger partial charge in [-0.15, -0.1) is 0 Å². The van der Waals surface area contributed by atoms with Crippen LogP contribution in [0.3, 0.4) is 0 Å². The molecule has 0 fully saturated rings. The van der Waals surface area contributed by atoms with Crippen LogP contribution in [0.25, 0.3) is 11.1 Å². The molecule has 6 nitrogen and oxygen atoms in total. The van der Waals surface area contributed by atoms with E-state index < -0.39 is 11.7 Å². The van der Waals surface area contributed by atoms with E-state index in [1.807, 2.05) is 56.8 Å². The molecule has 1 heterocycles. The molecule has 2 rings (SSSR count). The van der Waals surface area contributed by atoms with Crippen molar-refractivity contribution >= 4 is 6.09 Å². The van der Waals surface area contributed by atoms with Crippen LogP contribution in [0.15, 0.2) is 30.6 Å². The molecule has 0 atom stereocenters. The number of hydrogen-bond donors (Lipinski definition) is 1. The van der Waals surface area contributed by atoms with Crippen molar-refractivity contribution in [2.75, 3.05) is 6.54 Å². The van der Waals surface area contributed by atoms with Crippen LogP contribution in [0.2, 0.25) is 0 Å². The number of alkyl carbamates (subject to hydrolysis) is 1. The molecule has 1 amide bonds. The van der Waals surface area contributed by atoms with Crippen LogP contribution in [0.1, 0.15) is 38.3 Å². The molecule has 0 aliphatic carbocycles. The number of rotatable bonds is 5. The van der Waals surface area contributed by atoms with Crippen LogP contribution in [-0.4, -0.2) is 28.0 Å². The predicted molar refractivity (Wildman–Crippen MR) is 96.0 cm³/mol. The third-order valence-corrected chi connectivity index (χ3v) is 3.41. The summed E-state index contributed by atoms with van der Waals surface area (Å²) in [6, 6.07) is 7.92. The molecule has 0 radical (unpaired) electrons. The number of hydrogen-bond acceptors (Lipinski definition) is 4. The Morgan fingerprint density at radius 3 is 2.76 bits per heavy atom. The minimum atomic E-state index is -0.489. The van der Waals surface area contributed by atoms with E-state index in [1.165, 1.54) is 0 Å². The Morgan fingerprint density at radius 1 is 1.32 bits per heavy atom. The van der Waals surface area contributed by atoms with Gasteiger partial charge in [0.15, 0.2) is 0 Å². The number of ether oxygens (including phenoxy) is 1. The molecule has 0 unspecified atom stereocenters. The van der Waals surface area contributed by atoms with Crippen LogP contribution < -0.4 is 5.32 Å². The lowest BCUT2D eigenvalue weighted by Crippen LogP contribution is -2.33. The largest absolute Gasteiger partial charge is 0.444 e. The van der Waals surface area contributed by atoms with E-state index in [1.54, 1.807) is 6.20 Å². The second-order valence-corrected chi connectivity index (χ2v) is 6.97. The molecule has 132 valence electrons. The number of nitrogens with one attached hydrogen (secondary N) is 1. The van der Waals surface area contributed by atoms with Crippen LogP contribution in [-0.2, 0) is 11.3 Å². The summed E-state index contributed by atoms with van der Waals surface area (Å²) in [6.45, 7) is 8.68. The Kier molecular flexibility index (Phi) is 5.81. The Balaban J connectivity index is 1.87. The Morgan fingerprint density at radius 2 is 2.08 bits per heavy atom. The molecule has 0 saturated carbocycles. The number of nitrogens with zero attached hydrogens (tertiary/aromatic N) is 3. The van der Waals surface area contributed by atoms with Crippen LogP contribution in [0.4, 0.5) is 4.79 Å². The normalized spacial score (nSPS) is 11.0. The van der Waals surface area contributed by atoms with Crippen molar-refractivity contribution in [1.29, 1.82) is 5.26 Å². The fraction of sp³-hybridized carbons (Fsp3) is 0.421. The summed E-state index contributed by atoms with van der Waals surface area (Å²) in [5.74, 6) is 0. The smallest absolute Gasteiger partial charge is 0.407 e. The molecule has 1 aromatic carbocycles. The molecule has 1 N–H and O–H groups in total. The molecule has 0 aliphatic heterocycles. The van der Waals surface area contributed by atoms with Crippen LogP contribution >= 0.6 is 0 Å². The van der Waals surface area contributed by atoms with Crippen molar-refractivity contribution in [1.82, 2.24) is 15.1 Å². The van der Waals surface area contributed by atoms with Crippen molar-refractivity contribution in [3.05, 3.63) is 41.7 Å². The highest BCUT2D eigenvalue weighted by Gasteiger charge is 2.15. The third kappa shape index (κ3) is 5.96. The van der Waals surface area contributed by atoms with Crippen molar-refractivity contribution in [3.8, 4) is 17.2 Å². The number of aromatic nitrogens is 2. The van der Waals surface area contributed by atoms with E-state index in [-0.39, 0.29) is 0 Å². The highest BCUT2D eigenvalue weighted by Crippen LogP contribution is 2.21. The molecule has 0 saturated heterocycles. The summed E-state index contributed by atoms with van der Waals surface area (Å²) in [4.78, 5) is 11.6. The average molecular weight is 340 g/mol. The number of nitriles is 1. The van der Waals surface area contributed by atoms with Gasteiger partial charge in [0.25, 0.3) is 0 Å². The first-order chi connectivity index (χ1) is 11.8. The highest BCUT2D eigenvalue weighted by atomic mass is 16.6. The van der Waals surface area contributed by atoms with Gasteiger partial charge in [-0.25, -0.2) is 4.79 Å². The Labute approximate surface area is 148 Å². The molecule has 0 bridgehead atoms. The predicted octanol–water partition coefficient (Wildman–Crippen LogP) is 3.65. The first kappa shape index (κ1) is 18.5. The van der Waals surface area contributed by atoms with Crippen LogP contribution in [0.5, 0.6) is 0 Å².